The number of aromatic nitrogens is 1. The van der Waals surface area contributed by atoms with Gasteiger partial charge in [0.15, 0.2) is 0 Å². The van der Waals surface area contributed by atoms with Gasteiger partial charge in [0.1, 0.15) is 0 Å². The van der Waals surface area contributed by atoms with Crippen LogP contribution in [0.5, 0.6) is 0 Å². The van der Waals surface area contributed by atoms with Crippen LogP contribution in [0, 0.1) is 0 Å². The van der Waals surface area contributed by atoms with Crippen LogP contribution in [-0.4, -0.2) is 4.98 Å². The molecule has 0 saturated heterocycles. The summed E-state index contributed by atoms with van der Waals surface area (Å²) in [6, 6.07) is 17.2. The van der Waals surface area contributed by atoms with Crippen molar-refractivity contribution in [1.29, 1.82) is 0 Å². The number of aryl methyl sites for hydroxylation is 1. The summed E-state index contributed by atoms with van der Waals surface area (Å²) < 4.78 is 3.75. The van der Waals surface area contributed by atoms with E-state index in [0.29, 0.717) is 0 Å². The lowest BCUT2D eigenvalue weighted by molar-refractivity contribution is 0.981. The Morgan fingerprint density at radius 3 is 2.71 bits per heavy atom. The van der Waals surface area contributed by atoms with Gasteiger partial charge in [-0.15, -0.1) is 11.3 Å². The van der Waals surface area contributed by atoms with Crippen molar-refractivity contribution in [3.63, 3.8) is 0 Å². The summed E-state index contributed by atoms with van der Waals surface area (Å²) in [7, 11) is 0. The maximum atomic E-state index is 5.04. The number of nitrogens with zero attached hydrogens (tertiary/aromatic N) is 1. The molecule has 0 atom stereocenters. The highest BCUT2D eigenvalue weighted by molar-refractivity contribution is 9.10. The number of halogens is 1. The van der Waals surface area contributed by atoms with Crippen LogP contribution < -0.4 is 0 Å². The maximum Gasteiger partial charge on any atom is 0.0888 e. The Morgan fingerprint density at radius 2 is 1.83 bits per heavy atom. The lowest BCUT2D eigenvalue weighted by atomic mass is 9.95. The molecule has 4 aromatic rings. The lowest BCUT2D eigenvalue weighted by Gasteiger charge is -2.14. The average Bonchev–Trinajstić information content (AvgIpc) is 3.02. The molecule has 1 aliphatic carbocycles. The highest BCUT2D eigenvalue weighted by atomic mass is 79.9. The van der Waals surface area contributed by atoms with Gasteiger partial charge in [-0.2, -0.15) is 0 Å². The molecule has 3 heteroatoms. The molecule has 0 spiro atoms. The molecule has 0 N–H and O–H groups in total. The predicted molar refractivity (Wildman–Crippen MR) is 108 cm³/mol. The number of benzene rings is 2. The van der Waals surface area contributed by atoms with Crippen molar-refractivity contribution in [1.82, 2.24) is 4.98 Å². The summed E-state index contributed by atoms with van der Waals surface area (Å²) in [6.07, 6.45) is 6.61. The van der Waals surface area contributed by atoms with Crippen molar-refractivity contribution in [2.24, 2.45) is 0 Å². The van der Waals surface area contributed by atoms with Crippen molar-refractivity contribution >= 4 is 53.5 Å². The van der Waals surface area contributed by atoms with Gasteiger partial charge < -0.3 is 0 Å². The van der Waals surface area contributed by atoms with Gasteiger partial charge in [-0.05, 0) is 42.7 Å². The Balaban J connectivity index is 1.94. The van der Waals surface area contributed by atoms with E-state index in [0.717, 1.165) is 28.7 Å². The van der Waals surface area contributed by atoms with E-state index in [1.165, 1.54) is 31.3 Å². The first-order chi connectivity index (χ1) is 11.8. The van der Waals surface area contributed by atoms with Crippen LogP contribution in [0.4, 0.5) is 0 Å². The van der Waals surface area contributed by atoms with Gasteiger partial charge in [-0.3, -0.25) is 0 Å². The van der Waals surface area contributed by atoms with Crippen LogP contribution in [0.3, 0.4) is 0 Å². The van der Waals surface area contributed by atoms with Crippen LogP contribution in [-0.2, 0) is 6.42 Å². The van der Waals surface area contributed by atoms with E-state index in [1.807, 2.05) is 11.3 Å². The van der Waals surface area contributed by atoms with Gasteiger partial charge in [0.25, 0.3) is 0 Å². The van der Waals surface area contributed by atoms with Crippen LogP contribution in [0.1, 0.15) is 17.7 Å². The van der Waals surface area contributed by atoms with E-state index in [-0.39, 0.29) is 0 Å². The van der Waals surface area contributed by atoms with Gasteiger partial charge in [-0.1, -0.05) is 52.3 Å². The summed E-state index contributed by atoms with van der Waals surface area (Å²) in [5.74, 6) is 0. The molecule has 0 amide bonds. The molecule has 0 unspecified atom stereocenters. The minimum atomic E-state index is 1.08. The first kappa shape index (κ1) is 14.4. The monoisotopic (exact) mass is 391 g/mol. The van der Waals surface area contributed by atoms with E-state index >= 15 is 0 Å². The summed E-state index contributed by atoms with van der Waals surface area (Å²) in [5, 5.41) is 2.77. The standard InChI is InChI=1S/C21H14BrNS/c22-14-11-9-13(10-12-14)20-21-19(15-5-1-3-7-17(15)23-20)16-6-2-4-8-18(16)24-21/h2-4,6-12H,1,5H2. The molecule has 1 nitrogen and oxygen atoms in total. The van der Waals surface area contributed by atoms with Crippen molar-refractivity contribution in [3.05, 3.63) is 70.3 Å². The minimum absolute atomic E-state index is 1.08. The second-order valence-corrected chi connectivity index (χ2v) is 8.04. The fourth-order valence-electron chi connectivity index (χ4n) is 3.50. The van der Waals surface area contributed by atoms with E-state index in [9.17, 15) is 0 Å². The molecule has 2 aromatic carbocycles. The highest BCUT2D eigenvalue weighted by Crippen LogP contribution is 2.43. The molecule has 2 aromatic heterocycles. The molecule has 0 aliphatic heterocycles. The molecular weight excluding hydrogens is 378 g/mol. The number of fused-ring (bicyclic) bond motifs is 5. The summed E-state index contributed by atoms with van der Waals surface area (Å²) in [6.45, 7) is 0. The van der Waals surface area contributed by atoms with Crippen LogP contribution >= 0.6 is 27.3 Å². The Labute approximate surface area is 152 Å². The Morgan fingerprint density at radius 1 is 1.00 bits per heavy atom. The third kappa shape index (κ3) is 2.15. The Bertz CT molecular complexity index is 1110. The third-order valence-corrected chi connectivity index (χ3v) is 6.31. The quantitative estimate of drug-likeness (QED) is 0.346. The molecule has 0 bridgehead atoms. The number of allylic oxidation sites excluding steroid dienone is 1. The van der Waals surface area contributed by atoms with Crippen molar-refractivity contribution in [2.75, 3.05) is 0 Å². The summed E-state index contributed by atoms with van der Waals surface area (Å²) in [5.41, 5.74) is 4.82. The van der Waals surface area contributed by atoms with E-state index in [4.69, 9.17) is 4.98 Å². The Kier molecular flexibility index (Phi) is 3.32. The van der Waals surface area contributed by atoms with Crippen molar-refractivity contribution < 1.29 is 0 Å². The zero-order valence-corrected chi connectivity index (χ0v) is 15.3. The van der Waals surface area contributed by atoms with Gasteiger partial charge in [0, 0.05) is 25.5 Å². The second-order valence-electron chi connectivity index (χ2n) is 6.07. The first-order valence-electron chi connectivity index (χ1n) is 8.08. The molecule has 5 rings (SSSR count). The minimum Gasteiger partial charge on any atom is -0.247 e. The first-order valence-corrected chi connectivity index (χ1v) is 9.69. The largest absolute Gasteiger partial charge is 0.247 e. The number of rotatable bonds is 1. The van der Waals surface area contributed by atoms with Gasteiger partial charge in [0.05, 0.1) is 16.1 Å². The fraction of sp³-hybridized carbons (Fsp3) is 0.0952. The third-order valence-electron chi connectivity index (χ3n) is 4.61. The molecule has 0 saturated carbocycles. The van der Waals surface area contributed by atoms with Crippen LogP contribution in [0.15, 0.2) is 59.1 Å². The lowest BCUT2D eigenvalue weighted by Crippen LogP contribution is -2.00. The molecular formula is C21H14BrNS. The SMILES string of the molecule is Brc1ccc(-c2nc3c(c4c2sc2ccccc24)CCC=C3)cc1. The topological polar surface area (TPSA) is 12.9 Å². The normalized spacial score (nSPS) is 13.5. The van der Waals surface area contributed by atoms with E-state index in [1.54, 1.807) is 0 Å². The predicted octanol–water partition coefficient (Wildman–Crippen LogP) is 6.84. The van der Waals surface area contributed by atoms with Gasteiger partial charge >= 0.3 is 0 Å². The number of thiophene rings is 1. The van der Waals surface area contributed by atoms with Crippen LogP contribution in [0.25, 0.3) is 37.5 Å². The van der Waals surface area contributed by atoms with Gasteiger partial charge in [-0.25, -0.2) is 4.98 Å². The van der Waals surface area contributed by atoms with Crippen LogP contribution in [0.2, 0.25) is 0 Å². The van der Waals surface area contributed by atoms with E-state index in [2.05, 4.69) is 76.6 Å². The van der Waals surface area contributed by atoms with E-state index < -0.39 is 0 Å². The van der Waals surface area contributed by atoms with Crippen molar-refractivity contribution in [2.45, 2.75) is 12.8 Å². The average molecular weight is 392 g/mol. The molecule has 2 heterocycles. The molecule has 24 heavy (non-hydrogen) atoms. The van der Waals surface area contributed by atoms with Gasteiger partial charge in [0.2, 0.25) is 0 Å². The zero-order valence-electron chi connectivity index (χ0n) is 12.9. The summed E-state index contributed by atoms with van der Waals surface area (Å²) in [4.78, 5) is 5.04. The number of hydrogen-bond acceptors (Lipinski definition) is 2. The zero-order chi connectivity index (χ0) is 16.1. The molecule has 0 radical (unpaired) electrons. The fourth-order valence-corrected chi connectivity index (χ4v) is 5.00. The highest BCUT2D eigenvalue weighted by Gasteiger charge is 2.19. The molecule has 116 valence electrons. The second kappa shape index (κ2) is 5.54. The van der Waals surface area contributed by atoms with Crippen molar-refractivity contribution in [3.8, 4) is 11.3 Å². The number of pyridine rings is 1. The Hall–Kier alpha value is -1.97. The summed E-state index contributed by atoms with van der Waals surface area (Å²) >= 11 is 5.39. The smallest absolute Gasteiger partial charge is 0.0888 e. The number of hydrogen-bond donors (Lipinski definition) is 0. The molecule has 1 aliphatic rings. The molecule has 0 fully saturated rings. The maximum absolute atomic E-state index is 5.04.